The van der Waals surface area contributed by atoms with Crippen molar-refractivity contribution in [3.05, 3.63) is 59.9 Å². The van der Waals surface area contributed by atoms with Gasteiger partial charge < -0.3 is 10.6 Å². The van der Waals surface area contributed by atoms with Crippen molar-refractivity contribution in [3.63, 3.8) is 0 Å². The molecule has 26 heavy (non-hydrogen) atoms. The second kappa shape index (κ2) is 8.95. The minimum atomic E-state index is -3.31. The topological polar surface area (TPSA) is 61.4 Å². The summed E-state index contributed by atoms with van der Waals surface area (Å²) in [6.07, 6.45) is 2.83. The van der Waals surface area contributed by atoms with Gasteiger partial charge in [0, 0.05) is 19.3 Å². The molecular formula is C18H22FN3O2S2. The number of rotatable bonds is 7. The summed E-state index contributed by atoms with van der Waals surface area (Å²) in [7, 11) is -1.81. The van der Waals surface area contributed by atoms with Gasteiger partial charge in [-0.25, -0.2) is 12.8 Å². The molecule has 0 amide bonds. The normalized spacial score (nSPS) is 11.0. The highest BCUT2D eigenvalue weighted by molar-refractivity contribution is 7.92. The van der Waals surface area contributed by atoms with Gasteiger partial charge in [-0.05, 0) is 61.0 Å². The lowest BCUT2D eigenvalue weighted by atomic mass is 10.1. The molecule has 0 aromatic heterocycles. The van der Waals surface area contributed by atoms with Gasteiger partial charge in [-0.3, -0.25) is 4.31 Å². The van der Waals surface area contributed by atoms with Gasteiger partial charge in [0.05, 0.1) is 11.9 Å². The van der Waals surface area contributed by atoms with Crippen molar-refractivity contribution in [2.75, 3.05) is 29.5 Å². The lowest BCUT2D eigenvalue weighted by molar-refractivity contribution is 0.600. The summed E-state index contributed by atoms with van der Waals surface area (Å²) in [5, 5.41) is 6.61. The van der Waals surface area contributed by atoms with Crippen LogP contribution in [0.4, 0.5) is 15.8 Å². The van der Waals surface area contributed by atoms with Gasteiger partial charge in [-0.15, -0.1) is 0 Å². The van der Waals surface area contributed by atoms with E-state index in [1.807, 2.05) is 6.07 Å². The molecule has 0 heterocycles. The van der Waals surface area contributed by atoms with Crippen LogP contribution < -0.4 is 14.9 Å². The molecule has 0 aliphatic heterocycles. The molecule has 140 valence electrons. The Morgan fingerprint density at radius 3 is 2.54 bits per heavy atom. The molecule has 0 radical (unpaired) electrons. The molecule has 2 N–H and O–H groups in total. The number of thiocarbonyl (C=S) groups is 1. The van der Waals surface area contributed by atoms with Gasteiger partial charge in [-0.2, -0.15) is 0 Å². The highest BCUT2D eigenvalue weighted by Crippen LogP contribution is 2.20. The lowest BCUT2D eigenvalue weighted by Crippen LogP contribution is -2.29. The molecule has 0 spiro atoms. The van der Waals surface area contributed by atoms with E-state index in [2.05, 4.69) is 10.6 Å². The number of anilines is 2. The largest absolute Gasteiger partial charge is 0.362 e. The minimum absolute atomic E-state index is 0.235. The predicted octanol–water partition coefficient (Wildman–Crippen LogP) is 3.14. The first-order valence-corrected chi connectivity index (χ1v) is 10.3. The maximum atomic E-state index is 12.9. The SMILES string of the molecule is CN(c1cccc(NC(=S)NCCCc2ccc(F)cc2)c1)S(C)(=O)=O. The van der Waals surface area contributed by atoms with Gasteiger partial charge >= 0.3 is 0 Å². The molecule has 0 saturated heterocycles. The summed E-state index contributed by atoms with van der Waals surface area (Å²) in [5.74, 6) is -0.235. The van der Waals surface area contributed by atoms with Gasteiger partial charge in [0.25, 0.3) is 0 Å². The summed E-state index contributed by atoms with van der Waals surface area (Å²) in [6, 6.07) is 13.5. The maximum absolute atomic E-state index is 12.9. The highest BCUT2D eigenvalue weighted by Gasteiger charge is 2.12. The zero-order valence-corrected chi connectivity index (χ0v) is 16.3. The molecule has 2 rings (SSSR count). The number of nitrogens with one attached hydrogen (secondary N) is 2. The van der Waals surface area contributed by atoms with E-state index in [0.717, 1.165) is 24.7 Å². The Morgan fingerprint density at radius 1 is 1.19 bits per heavy atom. The van der Waals surface area contributed by atoms with E-state index in [-0.39, 0.29) is 5.82 Å². The second-order valence-electron chi connectivity index (χ2n) is 5.89. The second-order valence-corrected chi connectivity index (χ2v) is 8.31. The van der Waals surface area contributed by atoms with Crippen molar-refractivity contribution < 1.29 is 12.8 Å². The van der Waals surface area contributed by atoms with Crippen molar-refractivity contribution in [2.45, 2.75) is 12.8 Å². The Morgan fingerprint density at radius 2 is 1.88 bits per heavy atom. The van der Waals surface area contributed by atoms with Gasteiger partial charge in [0.1, 0.15) is 5.82 Å². The van der Waals surface area contributed by atoms with Crippen LogP contribution in [0.5, 0.6) is 0 Å². The Hall–Kier alpha value is -2.19. The van der Waals surface area contributed by atoms with E-state index < -0.39 is 10.0 Å². The first-order valence-electron chi connectivity index (χ1n) is 8.09. The summed E-state index contributed by atoms with van der Waals surface area (Å²) in [5.41, 5.74) is 2.33. The number of sulfonamides is 1. The molecule has 0 atom stereocenters. The maximum Gasteiger partial charge on any atom is 0.231 e. The molecule has 5 nitrogen and oxygen atoms in total. The molecule has 8 heteroatoms. The lowest BCUT2D eigenvalue weighted by Gasteiger charge is -2.18. The molecule has 0 fully saturated rings. The number of hydrogen-bond acceptors (Lipinski definition) is 3. The fourth-order valence-electron chi connectivity index (χ4n) is 2.29. The van der Waals surface area contributed by atoms with E-state index in [1.165, 1.54) is 23.5 Å². The fraction of sp³-hybridized carbons (Fsp3) is 0.278. The Balaban J connectivity index is 1.81. The summed E-state index contributed by atoms with van der Waals surface area (Å²) < 4.78 is 37.3. The monoisotopic (exact) mass is 395 g/mol. The zero-order chi connectivity index (χ0) is 19.2. The zero-order valence-electron chi connectivity index (χ0n) is 14.7. The molecule has 2 aromatic rings. The third-order valence-corrected chi connectivity index (χ3v) is 5.26. The smallest absolute Gasteiger partial charge is 0.231 e. The molecule has 0 saturated carbocycles. The predicted molar refractivity (Wildman–Crippen MR) is 109 cm³/mol. The van der Waals surface area contributed by atoms with Crippen LogP contribution in [0.15, 0.2) is 48.5 Å². The van der Waals surface area contributed by atoms with Gasteiger partial charge in [-0.1, -0.05) is 18.2 Å². The highest BCUT2D eigenvalue weighted by atomic mass is 32.2. The van der Waals surface area contributed by atoms with Crippen molar-refractivity contribution in [1.29, 1.82) is 0 Å². The molecule has 0 aliphatic rings. The Labute approximate surface area is 159 Å². The van der Waals surface area contributed by atoms with E-state index in [1.54, 1.807) is 30.3 Å². The molecule has 0 aliphatic carbocycles. The van der Waals surface area contributed by atoms with Crippen LogP contribution in [0, 0.1) is 5.82 Å². The average molecular weight is 396 g/mol. The third-order valence-electron chi connectivity index (χ3n) is 3.81. The van der Waals surface area contributed by atoms with Crippen LogP contribution >= 0.6 is 12.2 Å². The van der Waals surface area contributed by atoms with Crippen LogP contribution in [0.3, 0.4) is 0 Å². The Kier molecular flexibility index (Phi) is 6.93. The van der Waals surface area contributed by atoms with E-state index in [4.69, 9.17) is 12.2 Å². The number of aryl methyl sites for hydroxylation is 1. The Bertz CT molecular complexity index is 855. The van der Waals surface area contributed by atoms with E-state index in [9.17, 15) is 12.8 Å². The molecule has 2 aromatic carbocycles. The quantitative estimate of drug-likeness (QED) is 0.557. The molecular weight excluding hydrogens is 373 g/mol. The van der Waals surface area contributed by atoms with Gasteiger partial charge in [0.2, 0.25) is 10.0 Å². The number of benzene rings is 2. The van der Waals surface area contributed by atoms with Crippen molar-refractivity contribution >= 4 is 38.7 Å². The molecule has 0 bridgehead atoms. The van der Waals surface area contributed by atoms with Crippen molar-refractivity contribution in [3.8, 4) is 0 Å². The van der Waals surface area contributed by atoms with Crippen LogP contribution in [0.25, 0.3) is 0 Å². The van der Waals surface area contributed by atoms with Gasteiger partial charge in [0.15, 0.2) is 5.11 Å². The fourth-order valence-corrected chi connectivity index (χ4v) is 3.01. The van der Waals surface area contributed by atoms with Crippen LogP contribution in [0.2, 0.25) is 0 Å². The number of nitrogens with zero attached hydrogens (tertiary/aromatic N) is 1. The minimum Gasteiger partial charge on any atom is -0.362 e. The first-order chi connectivity index (χ1) is 12.3. The first kappa shape index (κ1) is 20.1. The third kappa shape index (κ3) is 6.27. The van der Waals surface area contributed by atoms with E-state index in [0.29, 0.717) is 23.0 Å². The van der Waals surface area contributed by atoms with Crippen molar-refractivity contribution in [1.82, 2.24) is 5.32 Å². The summed E-state index contributed by atoms with van der Waals surface area (Å²) in [6.45, 7) is 0.673. The summed E-state index contributed by atoms with van der Waals surface area (Å²) >= 11 is 5.26. The van der Waals surface area contributed by atoms with Crippen LogP contribution in [0.1, 0.15) is 12.0 Å². The van der Waals surface area contributed by atoms with Crippen molar-refractivity contribution in [2.24, 2.45) is 0 Å². The van der Waals surface area contributed by atoms with E-state index >= 15 is 0 Å². The summed E-state index contributed by atoms with van der Waals surface area (Å²) in [4.78, 5) is 0. The van der Waals surface area contributed by atoms with Crippen LogP contribution in [-0.2, 0) is 16.4 Å². The number of hydrogen-bond donors (Lipinski definition) is 2. The number of halogens is 1. The standard InChI is InChI=1S/C18H22FN3O2S2/c1-22(26(2,23)24)17-7-3-6-16(13-17)21-18(25)20-12-4-5-14-8-10-15(19)11-9-14/h3,6-11,13H,4-5,12H2,1-2H3,(H2,20,21,25). The average Bonchev–Trinajstić information content (AvgIpc) is 2.59. The molecule has 0 unspecified atom stereocenters. The van der Waals surface area contributed by atoms with Crippen LogP contribution in [-0.4, -0.2) is 33.4 Å².